The molecular formula is C10H18OS. The molecule has 2 heteroatoms. The molecule has 1 rings (SSSR count). The minimum absolute atomic E-state index is 0.304. The van der Waals surface area contributed by atoms with Crippen LogP contribution in [0, 0.1) is 11.3 Å². The Balaban J connectivity index is 2.45. The summed E-state index contributed by atoms with van der Waals surface area (Å²) in [5.74, 6) is 2.92. The summed E-state index contributed by atoms with van der Waals surface area (Å²) < 4.78 is 0. The van der Waals surface area contributed by atoms with E-state index in [9.17, 15) is 4.79 Å². The molecule has 1 fully saturated rings. The van der Waals surface area contributed by atoms with E-state index >= 15 is 0 Å². The third-order valence-electron chi connectivity index (χ3n) is 2.13. The second kappa shape index (κ2) is 3.82. The number of thioether (sulfide) groups is 1. The van der Waals surface area contributed by atoms with Gasteiger partial charge in [0.05, 0.1) is 0 Å². The fourth-order valence-electron chi connectivity index (χ4n) is 1.61. The van der Waals surface area contributed by atoms with Crippen molar-refractivity contribution in [1.82, 2.24) is 0 Å². The van der Waals surface area contributed by atoms with Gasteiger partial charge in [0.2, 0.25) is 0 Å². The highest BCUT2D eigenvalue weighted by atomic mass is 32.2. The van der Waals surface area contributed by atoms with E-state index in [0.717, 1.165) is 24.3 Å². The molecule has 0 aromatic heterocycles. The Labute approximate surface area is 79.3 Å². The molecule has 1 unspecified atom stereocenters. The van der Waals surface area contributed by atoms with Crippen LogP contribution in [0.3, 0.4) is 0 Å². The van der Waals surface area contributed by atoms with Crippen molar-refractivity contribution in [3.05, 3.63) is 0 Å². The molecule has 12 heavy (non-hydrogen) atoms. The maximum atomic E-state index is 11.5. The number of carbonyl (C=O) groups is 1. The SMILES string of the molecule is CC(C)(C)CC1CSCCC1=O. The average Bonchev–Trinajstić information content (AvgIpc) is 1.91. The Kier molecular flexibility index (Phi) is 3.22. The maximum absolute atomic E-state index is 11.5. The van der Waals surface area contributed by atoms with Gasteiger partial charge in [0.15, 0.2) is 0 Å². The summed E-state index contributed by atoms with van der Waals surface area (Å²) in [6.07, 6.45) is 1.85. The van der Waals surface area contributed by atoms with E-state index in [1.807, 2.05) is 11.8 Å². The van der Waals surface area contributed by atoms with Gasteiger partial charge in [-0.3, -0.25) is 4.79 Å². The zero-order valence-corrected chi connectivity index (χ0v) is 9.04. The second-order valence-corrected chi connectivity index (χ2v) is 5.90. The lowest BCUT2D eigenvalue weighted by molar-refractivity contribution is -0.122. The molecule has 70 valence electrons. The standard InChI is InChI=1S/C10H18OS/c1-10(2,3)6-8-7-12-5-4-9(8)11/h8H,4-7H2,1-3H3. The molecule has 0 amide bonds. The van der Waals surface area contributed by atoms with Crippen molar-refractivity contribution in [1.29, 1.82) is 0 Å². The van der Waals surface area contributed by atoms with Crippen LogP contribution in [0.1, 0.15) is 33.6 Å². The Morgan fingerprint density at radius 2 is 2.17 bits per heavy atom. The van der Waals surface area contributed by atoms with Crippen molar-refractivity contribution in [3.8, 4) is 0 Å². The first-order valence-corrected chi connectivity index (χ1v) is 5.75. The predicted molar refractivity (Wildman–Crippen MR) is 54.5 cm³/mol. The highest BCUT2D eigenvalue weighted by Crippen LogP contribution is 2.30. The Bertz CT molecular complexity index is 169. The number of hydrogen-bond donors (Lipinski definition) is 0. The average molecular weight is 186 g/mol. The number of hydrogen-bond acceptors (Lipinski definition) is 2. The monoisotopic (exact) mass is 186 g/mol. The van der Waals surface area contributed by atoms with Crippen LogP contribution < -0.4 is 0 Å². The van der Waals surface area contributed by atoms with Gasteiger partial charge in [-0.05, 0) is 11.8 Å². The van der Waals surface area contributed by atoms with Gasteiger partial charge in [-0.15, -0.1) is 0 Å². The fraction of sp³-hybridized carbons (Fsp3) is 0.900. The van der Waals surface area contributed by atoms with Crippen LogP contribution in [0.25, 0.3) is 0 Å². The van der Waals surface area contributed by atoms with E-state index < -0.39 is 0 Å². The van der Waals surface area contributed by atoms with Gasteiger partial charge in [0, 0.05) is 23.8 Å². The quantitative estimate of drug-likeness (QED) is 0.626. The van der Waals surface area contributed by atoms with Crippen molar-refractivity contribution >= 4 is 17.5 Å². The molecular weight excluding hydrogens is 168 g/mol. The van der Waals surface area contributed by atoms with E-state index in [-0.39, 0.29) is 0 Å². The molecule has 0 N–H and O–H groups in total. The van der Waals surface area contributed by atoms with Gasteiger partial charge >= 0.3 is 0 Å². The molecule has 1 heterocycles. The van der Waals surface area contributed by atoms with Crippen LogP contribution in [0.2, 0.25) is 0 Å². The molecule has 1 atom stereocenters. The molecule has 1 aliphatic heterocycles. The zero-order chi connectivity index (χ0) is 9.19. The highest BCUT2D eigenvalue weighted by molar-refractivity contribution is 7.99. The lowest BCUT2D eigenvalue weighted by atomic mass is 9.83. The highest BCUT2D eigenvalue weighted by Gasteiger charge is 2.26. The van der Waals surface area contributed by atoms with E-state index in [2.05, 4.69) is 20.8 Å². The number of carbonyl (C=O) groups excluding carboxylic acids is 1. The van der Waals surface area contributed by atoms with Crippen molar-refractivity contribution in [2.24, 2.45) is 11.3 Å². The van der Waals surface area contributed by atoms with Crippen LogP contribution in [0.15, 0.2) is 0 Å². The largest absolute Gasteiger partial charge is 0.299 e. The Morgan fingerprint density at radius 1 is 1.50 bits per heavy atom. The number of ketones is 1. The van der Waals surface area contributed by atoms with Gasteiger partial charge in [-0.25, -0.2) is 0 Å². The van der Waals surface area contributed by atoms with Crippen molar-refractivity contribution in [2.45, 2.75) is 33.6 Å². The molecule has 1 aliphatic rings. The van der Waals surface area contributed by atoms with Crippen LogP contribution in [-0.2, 0) is 4.79 Å². The molecule has 0 saturated carbocycles. The first-order valence-electron chi connectivity index (χ1n) is 4.59. The summed E-state index contributed by atoms with van der Waals surface area (Å²) in [5.41, 5.74) is 0.304. The normalized spacial score (nSPS) is 25.9. The summed E-state index contributed by atoms with van der Waals surface area (Å²) in [4.78, 5) is 11.5. The summed E-state index contributed by atoms with van der Waals surface area (Å²) >= 11 is 1.93. The first-order chi connectivity index (χ1) is 5.49. The van der Waals surface area contributed by atoms with Gasteiger partial charge in [0.25, 0.3) is 0 Å². The summed E-state index contributed by atoms with van der Waals surface area (Å²) in [5, 5.41) is 0. The molecule has 0 spiro atoms. The molecule has 1 nitrogen and oxygen atoms in total. The Morgan fingerprint density at radius 3 is 2.67 bits per heavy atom. The second-order valence-electron chi connectivity index (χ2n) is 4.75. The van der Waals surface area contributed by atoms with Crippen molar-refractivity contribution < 1.29 is 4.79 Å². The fourth-order valence-corrected chi connectivity index (χ4v) is 2.71. The smallest absolute Gasteiger partial charge is 0.137 e. The Hall–Kier alpha value is 0.0200. The van der Waals surface area contributed by atoms with Crippen molar-refractivity contribution in [3.63, 3.8) is 0 Å². The number of rotatable bonds is 1. The zero-order valence-electron chi connectivity index (χ0n) is 8.22. The third-order valence-corrected chi connectivity index (χ3v) is 3.26. The van der Waals surface area contributed by atoms with E-state index in [4.69, 9.17) is 0 Å². The van der Waals surface area contributed by atoms with Gasteiger partial charge in [-0.2, -0.15) is 11.8 Å². The molecule has 0 aromatic carbocycles. The van der Waals surface area contributed by atoms with Gasteiger partial charge in [-0.1, -0.05) is 20.8 Å². The topological polar surface area (TPSA) is 17.1 Å². The van der Waals surface area contributed by atoms with Crippen LogP contribution in [-0.4, -0.2) is 17.3 Å². The van der Waals surface area contributed by atoms with E-state index in [0.29, 0.717) is 17.1 Å². The molecule has 0 aromatic rings. The maximum Gasteiger partial charge on any atom is 0.137 e. The lowest BCUT2D eigenvalue weighted by Gasteiger charge is -2.27. The van der Waals surface area contributed by atoms with Gasteiger partial charge < -0.3 is 0 Å². The lowest BCUT2D eigenvalue weighted by Crippen LogP contribution is -2.26. The van der Waals surface area contributed by atoms with Crippen molar-refractivity contribution in [2.75, 3.05) is 11.5 Å². The van der Waals surface area contributed by atoms with E-state index in [1.165, 1.54) is 0 Å². The molecule has 1 saturated heterocycles. The minimum Gasteiger partial charge on any atom is -0.299 e. The molecule has 0 aliphatic carbocycles. The summed E-state index contributed by atoms with van der Waals surface area (Å²) in [6.45, 7) is 6.62. The third kappa shape index (κ3) is 3.18. The van der Waals surface area contributed by atoms with E-state index in [1.54, 1.807) is 0 Å². The first kappa shape index (κ1) is 10.1. The summed E-state index contributed by atoms with van der Waals surface area (Å²) in [6, 6.07) is 0. The predicted octanol–water partition coefficient (Wildman–Crippen LogP) is 2.74. The number of Topliss-reactive ketones (excluding diaryl/α,β-unsaturated/α-hetero) is 1. The van der Waals surface area contributed by atoms with Crippen LogP contribution >= 0.6 is 11.8 Å². The van der Waals surface area contributed by atoms with Gasteiger partial charge in [0.1, 0.15) is 5.78 Å². The van der Waals surface area contributed by atoms with Crippen LogP contribution in [0.5, 0.6) is 0 Å². The molecule has 0 bridgehead atoms. The minimum atomic E-state index is 0.304. The summed E-state index contributed by atoms with van der Waals surface area (Å²) in [7, 11) is 0. The van der Waals surface area contributed by atoms with Crippen LogP contribution in [0.4, 0.5) is 0 Å². The molecule has 0 radical (unpaired) electrons.